The van der Waals surface area contributed by atoms with Gasteiger partial charge in [0, 0.05) is 6.42 Å². The second kappa shape index (κ2) is 4.59. The monoisotopic (exact) mass is 271 g/mol. The van der Waals surface area contributed by atoms with Gasteiger partial charge in [-0.15, -0.1) is 10.2 Å². The lowest BCUT2D eigenvalue weighted by atomic mass is 10.3. The van der Waals surface area contributed by atoms with E-state index < -0.39 is 0 Å². The first-order valence-corrected chi connectivity index (χ1v) is 5.37. The van der Waals surface area contributed by atoms with Crippen LogP contribution in [-0.4, -0.2) is 16.7 Å². The van der Waals surface area contributed by atoms with E-state index in [1.54, 1.807) is 12.1 Å². The fourth-order valence-corrected chi connectivity index (χ4v) is 1.44. The summed E-state index contributed by atoms with van der Waals surface area (Å²) in [6, 6.07) is 3.55. The molecule has 2 heterocycles. The summed E-state index contributed by atoms with van der Waals surface area (Å²) in [5, 5.41) is 7.77. The van der Waals surface area contributed by atoms with Crippen LogP contribution in [0.2, 0.25) is 0 Å². The van der Waals surface area contributed by atoms with Gasteiger partial charge in [0.15, 0.2) is 10.4 Å². The highest BCUT2D eigenvalue weighted by molar-refractivity contribution is 9.10. The highest BCUT2D eigenvalue weighted by Crippen LogP contribution is 2.23. The predicted molar refractivity (Wildman–Crippen MR) is 57.1 cm³/mol. The lowest BCUT2D eigenvalue weighted by molar-refractivity contribution is 0.470. The van der Waals surface area contributed by atoms with Crippen LogP contribution in [-0.2, 0) is 6.42 Å². The third-order valence-corrected chi connectivity index (χ3v) is 2.27. The first-order valence-electron chi connectivity index (χ1n) is 4.58. The third-order valence-electron chi connectivity index (χ3n) is 1.85. The molecular weight excluding hydrogens is 262 g/mol. The van der Waals surface area contributed by atoms with E-state index in [1.165, 1.54) is 0 Å². The van der Waals surface area contributed by atoms with Gasteiger partial charge in [0.1, 0.15) is 0 Å². The summed E-state index contributed by atoms with van der Waals surface area (Å²) >= 11 is 3.21. The highest BCUT2D eigenvalue weighted by atomic mass is 79.9. The van der Waals surface area contributed by atoms with Crippen molar-refractivity contribution in [3.63, 3.8) is 0 Å². The minimum absolute atomic E-state index is 0.396. The number of hydrogen-bond donors (Lipinski definition) is 1. The Labute approximate surface area is 94.8 Å². The summed E-state index contributed by atoms with van der Waals surface area (Å²) in [5.41, 5.74) is 5.38. The van der Waals surface area contributed by atoms with Gasteiger partial charge in [-0.2, -0.15) is 0 Å². The van der Waals surface area contributed by atoms with Gasteiger partial charge in [0.05, 0.1) is 0 Å². The van der Waals surface area contributed by atoms with Gasteiger partial charge < -0.3 is 14.6 Å². The smallest absolute Gasteiger partial charge is 0.283 e. The summed E-state index contributed by atoms with van der Waals surface area (Å²) in [7, 11) is 0. The fourth-order valence-electron chi connectivity index (χ4n) is 1.14. The van der Waals surface area contributed by atoms with Crippen molar-refractivity contribution in [3.05, 3.63) is 22.7 Å². The summed E-state index contributed by atoms with van der Waals surface area (Å²) in [6.07, 6.45) is 1.54. The van der Waals surface area contributed by atoms with Gasteiger partial charge in [0.25, 0.3) is 5.89 Å². The van der Waals surface area contributed by atoms with Gasteiger partial charge >= 0.3 is 0 Å². The SMILES string of the molecule is NCCCc1nnc(-c2ccc(Br)o2)o1. The number of nitrogens with zero attached hydrogens (tertiary/aromatic N) is 2. The molecule has 0 bridgehead atoms. The Kier molecular flexibility index (Phi) is 3.17. The molecule has 0 saturated heterocycles. The quantitative estimate of drug-likeness (QED) is 0.920. The number of hydrogen-bond acceptors (Lipinski definition) is 5. The van der Waals surface area contributed by atoms with Crippen molar-refractivity contribution < 1.29 is 8.83 Å². The molecule has 0 aliphatic heterocycles. The molecule has 2 aromatic heterocycles. The molecule has 2 aromatic rings. The van der Waals surface area contributed by atoms with Crippen molar-refractivity contribution in [2.24, 2.45) is 5.73 Å². The van der Waals surface area contributed by atoms with Crippen LogP contribution >= 0.6 is 15.9 Å². The molecular formula is C9H10BrN3O2. The summed E-state index contributed by atoms with van der Waals surface area (Å²) in [4.78, 5) is 0. The number of rotatable bonds is 4. The summed E-state index contributed by atoms with van der Waals surface area (Å²) in [5.74, 6) is 1.55. The molecule has 6 heteroatoms. The van der Waals surface area contributed by atoms with E-state index in [4.69, 9.17) is 14.6 Å². The van der Waals surface area contributed by atoms with Crippen LogP contribution in [0, 0.1) is 0 Å². The molecule has 2 rings (SSSR count). The molecule has 0 atom stereocenters. The molecule has 0 fully saturated rings. The maximum absolute atomic E-state index is 5.39. The number of aryl methyl sites for hydroxylation is 1. The zero-order valence-electron chi connectivity index (χ0n) is 7.94. The average Bonchev–Trinajstić information content (AvgIpc) is 2.83. The Balaban J connectivity index is 2.13. The highest BCUT2D eigenvalue weighted by Gasteiger charge is 2.11. The Bertz CT molecular complexity index is 438. The van der Waals surface area contributed by atoms with Gasteiger partial charge in [-0.25, -0.2) is 0 Å². The molecule has 0 spiro atoms. The zero-order valence-corrected chi connectivity index (χ0v) is 9.53. The molecule has 0 saturated carbocycles. The Morgan fingerprint density at radius 2 is 2.13 bits per heavy atom. The Morgan fingerprint density at radius 3 is 2.80 bits per heavy atom. The Hall–Kier alpha value is -1.14. The molecule has 0 amide bonds. The van der Waals surface area contributed by atoms with Crippen LogP contribution in [0.25, 0.3) is 11.7 Å². The van der Waals surface area contributed by atoms with E-state index in [-0.39, 0.29) is 0 Å². The van der Waals surface area contributed by atoms with Crippen LogP contribution in [0.3, 0.4) is 0 Å². The molecule has 80 valence electrons. The van der Waals surface area contributed by atoms with Crippen molar-refractivity contribution in [1.82, 2.24) is 10.2 Å². The Morgan fingerprint density at radius 1 is 1.27 bits per heavy atom. The largest absolute Gasteiger partial charge is 0.444 e. The molecule has 5 nitrogen and oxygen atoms in total. The second-order valence-electron chi connectivity index (χ2n) is 3.00. The number of halogens is 1. The summed E-state index contributed by atoms with van der Waals surface area (Å²) in [6.45, 7) is 0.615. The van der Waals surface area contributed by atoms with Gasteiger partial charge in [-0.1, -0.05) is 0 Å². The van der Waals surface area contributed by atoms with Crippen molar-refractivity contribution in [2.75, 3.05) is 6.54 Å². The van der Waals surface area contributed by atoms with Crippen LogP contribution in [0.1, 0.15) is 12.3 Å². The lowest BCUT2D eigenvalue weighted by Gasteiger charge is -1.89. The number of nitrogens with two attached hydrogens (primary N) is 1. The van der Waals surface area contributed by atoms with E-state index >= 15 is 0 Å². The molecule has 0 radical (unpaired) electrons. The second-order valence-corrected chi connectivity index (χ2v) is 3.78. The zero-order chi connectivity index (χ0) is 10.7. The number of aromatic nitrogens is 2. The minimum atomic E-state index is 0.396. The molecule has 0 aromatic carbocycles. The van der Waals surface area contributed by atoms with Crippen LogP contribution in [0.15, 0.2) is 25.6 Å². The minimum Gasteiger partial charge on any atom is -0.444 e. The van der Waals surface area contributed by atoms with E-state index in [0.717, 1.165) is 6.42 Å². The normalized spacial score (nSPS) is 10.8. The summed E-state index contributed by atoms with van der Waals surface area (Å²) < 4.78 is 11.3. The molecule has 0 aliphatic carbocycles. The lowest BCUT2D eigenvalue weighted by Crippen LogP contribution is -2.00. The molecule has 0 unspecified atom stereocenters. The van der Waals surface area contributed by atoms with E-state index in [9.17, 15) is 0 Å². The first-order chi connectivity index (χ1) is 7.29. The van der Waals surface area contributed by atoms with Crippen molar-refractivity contribution in [2.45, 2.75) is 12.8 Å². The third kappa shape index (κ3) is 2.45. The first kappa shape index (κ1) is 10.4. The van der Waals surface area contributed by atoms with Crippen molar-refractivity contribution in [3.8, 4) is 11.7 Å². The standard InChI is InChI=1S/C9H10BrN3O2/c10-7-4-3-6(14-7)9-13-12-8(15-9)2-1-5-11/h3-4H,1-2,5,11H2. The van der Waals surface area contributed by atoms with Crippen LogP contribution < -0.4 is 5.73 Å². The van der Waals surface area contributed by atoms with E-state index in [0.29, 0.717) is 35.2 Å². The topological polar surface area (TPSA) is 78.1 Å². The van der Waals surface area contributed by atoms with Crippen LogP contribution in [0.5, 0.6) is 0 Å². The van der Waals surface area contributed by atoms with Gasteiger partial charge in [0.2, 0.25) is 5.89 Å². The van der Waals surface area contributed by atoms with Gasteiger partial charge in [-0.3, -0.25) is 0 Å². The number of furan rings is 1. The molecule has 2 N–H and O–H groups in total. The van der Waals surface area contributed by atoms with Crippen molar-refractivity contribution >= 4 is 15.9 Å². The maximum Gasteiger partial charge on any atom is 0.283 e. The van der Waals surface area contributed by atoms with Crippen LogP contribution in [0.4, 0.5) is 0 Å². The predicted octanol–water partition coefficient (Wildman–Crippen LogP) is 1.98. The molecule has 15 heavy (non-hydrogen) atoms. The van der Waals surface area contributed by atoms with Gasteiger partial charge in [-0.05, 0) is 41.0 Å². The van der Waals surface area contributed by atoms with E-state index in [2.05, 4.69) is 26.1 Å². The molecule has 0 aliphatic rings. The van der Waals surface area contributed by atoms with Crippen molar-refractivity contribution in [1.29, 1.82) is 0 Å². The fraction of sp³-hybridized carbons (Fsp3) is 0.333. The van der Waals surface area contributed by atoms with E-state index in [1.807, 2.05) is 0 Å². The maximum atomic E-state index is 5.39. The average molecular weight is 272 g/mol.